The highest BCUT2D eigenvalue weighted by atomic mass is 19.1. The molecule has 5 nitrogen and oxygen atoms in total. The first-order valence-corrected chi connectivity index (χ1v) is 7.73. The van der Waals surface area contributed by atoms with Crippen molar-refractivity contribution in [2.24, 2.45) is 0 Å². The van der Waals surface area contributed by atoms with Gasteiger partial charge < -0.3 is 9.84 Å². The van der Waals surface area contributed by atoms with Crippen molar-refractivity contribution in [2.75, 3.05) is 0 Å². The monoisotopic (exact) mass is 346 g/mol. The van der Waals surface area contributed by atoms with Gasteiger partial charge in [0, 0.05) is 6.20 Å². The van der Waals surface area contributed by atoms with Crippen LogP contribution in [0.4, 0.5) is 8.78 Å². The first-order valence-electron chi connectivity index (χ1n) is 7.73. The van der Waals surface area contributed by atoms with Crippen LogP contribution in [0.2, 0.25) is 0 Å². The lowest BCUT2D eigenvalue weighted by Gasteiger charge is -2.11. The number of carboxylic acid groups (broad SMARTS) is 1. The molecule has 0 aliphatic heterocycles. The quantitative estimate of drug-likeness (QED) is 0.764. The van der Waals surface area contributed by atoms with Crippen LogP contribution in [0.25, 0.3) is 5.65 Å². The Morgan fingerprint density at radius 3 is 2.60 bits per heavy atom. The van der Waals surface area contributed by atoms with Crippen LogP contribution in [-0.2, 0) is 13.0 Å². The third-order valence-corrected chi connectivity index (χ3v) is 3.96. The second-order valence-electron chi connectivity index (χ2n) is 5.60. The SMILES string of the molecule is CCc1cc(OCc2c(F)cccc2F)c2nc(C)c(C(=O)O)n2c1. The summed E-state index contributed by atoms with van der Waals surface area (Å²) >= 11 is 0. The molecule has 2 heterocycles. The molecule has 3 rings (SSSR count). The van der Waals surface area contributed by atoms with Crippen LogP contribution < -0.4 is 4.74 Å². The summed E-state index contributed by atoms with van der Waals surface area (Å²) in [7, 11) is 0. The standard InChI is InChI=1S/C18H16F2N2O3/c1-3-11-7-15(25-9-12-13(19)5-4-6-14(12)20)17-21-10(2)16(18(23)24)22(17)8-11/h4-8H,3,9H2,1-2H3,(H,23,24). The van der Waals surface area contributed by atoms with Crippen molar-refractivity contribution in [3.63, 3.8) is 0 Å². The van der Waals surface area contributed by atoms with Crippen LogP contribution in [0.1, 0.15) is 34.2 Å². The topological polar surface area (TPSA) is 63.8 Å². The number of nitrogens with zero attached hydrogens (tertiary/aromatic N) is 2. The number of pyridine rings is 1. The van der Waals surface area contributed by atoms with Crippen molar-refractivity contribution in [1.82, 2.24) is 9.38 Å². The molecule has 0 saturated carbocycles. The molecule has 3 aromatic rings. The molecule has 0 aliphatic carbocycles. The lowest BCUT2D eigenvalue weighted by atomic mass is 10.2. The van der Waals surface area contributed by atoms with Gasteiger partial charge in [0.2, 0.25) is 0 Å². The van der Waals surface area contributed by atoms with E-state index in [9.17, 15) is 18.7 Å². The van der Waals surface area contributed by atoms with Crippen LogP contribution in [0.5, 0.6) is 5.75 Å². The number of imidazole rings is 1. The number of fused-ring (bicyclic) bond motifs is 1. The van der Waals surface area contributed by atoms with Crippen LogP contribution in [0.15, 0.2) is 30.5 Å². The largest absolute Gasteiger partial charge is 0.485 e. The van der Waals surface area contributed by atoms with Crippen LogP contribution in [-0.4, -0.2) is 20.5 Å². The first-order chi connectivity index (χ1) is 11.9. The molecule has 0 fully saturated rings. The molecule has 0 saturated heterocycles. The number of aryl methyl sites for hydroxylation is 2. The fraction of sp³-hybridized carbons (Fsp3) is 0.222. The number of carbonyl (C=O) groups is 1. The van der Waals surface area contributed by atoms with E-state index in [0.717, 1.165) is 17.7 Å². The molecular formula is C18H16F2N2O3. The Kier molecular flexibility index (Phi) is 4.39. The molecule has 130 valence electrons. The maximum absolute atomic E-state index is 13.8. The Hall–Kier alpha value is -2.96. The number of hydrogen-bond acceptors (Lipinski definition) is 3. The summed E-state index contributed by atoms with van der Waals surface area (Å²) < 4.78 is 34.6. The minimum absolute atomic E-state index is 0.0345. The third kappa shape index (κ3) is 3.05. The maximum atomic E-state index is 13.8. The number of hydrogen-bond donors (Lipinski definition) is 1. The lowest BCUT2D eigenvalue weighted by molar-refractivity contribution is 0.0688. The summed E-state index contributed by atoms with van der Waals surface area (Å²) in [5, 5.41) is 9.39. The van der Waals surface area contributed by atoms with Gasteiger partial charge in [-0.15, -0.1) is 0 Å². The fourth-order valence-electron chi connectivity index (χ4n) is 2.66. The molecule has 1 aromatic carbocycles. The van der Waals surface area contributed by atoms with Crippen molar-refractivity contribution in [3.05, 3.63) is 64.6 Å². The van der Waals surface area contributed by atoms with Crippen LogP contribution >= 0.6 is 0 Å². The van der Waals surface area contributed by atoms with Gasteiger partial charge in [-0.3, -0.25) is 4.40 Å². The van der Waals surface area contributed by atoms with E-state index in [1.807, 2.05) is 6.92 Å². The van der Waals surface area contributed by atoms with Gasteiger partial charge in [0.25, 0.3) is 0 Å². The minimum atomic E-state index is -1.11. The Labute approximate surface area is 142 Å². The van der Waals surface area contributed by atoms with Gasteiger partial charge in [-0.2, -0.15) is 0 Å². The molecule has 0 spiro atoms. The Bertz CT molecular complexity index is 946. The number of carboxylic acids is 1. The van der Waals surface area contributed by atoms with E-state index in [1.54, 1.807) is 19.2 Å². The summed E-state index contributed by atoms with van der Waals surface area (Å²) in [5.74, 6) is -2.23. The van der Waals surface area contributed by atoms with Gasteiger partial charge >= 0.3 is 5.97 Å². The summed E-state index contributed by atoms with van der Waals surface area (Å²) in [5.41, 5.74) is 1.29. The lowest BCUT2D eigenvalue weighted by Crippen LogP contribution is -2.06. The maximum Gasteiger partial charge on any atom is 0.354 e. The second-order valence-corrected chi connectivity index (χ2v) is 5.60. The predicted octanol–water partition coefficient (Wildman–Crippen LogP) is 3.76. The zero-order valence-corrected chi connectivity index (χ0v) is 13.7. The number of ether oxygens (including phenoxy) is 1. The molecule has 2 aromatic heterocycles. The van der Waals surface area contributed by atoms with Crippen molar-refractivity contribution >= 4 is 11.6 Å². The summed E-state index contributed by atoms with van der Waals surface area (Å²) in [6.07, 6.45) is 2.31. The van der Waals surface area contributed by atoms with Gasteiger partial charge in [-0.25, -0.2) is 18.6 Å². The Morgan fingerprint density at radius 1 is 1.32 bits per heavy atom. The van der Waals surface area contributed by atoms with Gasteiger partial charge in [-0.1, -0.05) is 13.0 Å². The first kappa shape index (κ1) is 16.9. The molecular weight excluding hydrogens is 330 g/mol. The van der Waals surface area contributed by atoms with E-state index in [1.165, 1.54) is 10.5 Å². The molecule has 25 heavy (non-hydrogen) atoms. The number of halogens is 2. The highest BCUT2D eigenvalue weighted by molar-refractivity contribution is 5.88. The summed E-state index contributed by atoms with van der Waals surface area (Å²) in [6.45, 7) is 3.17. The van der Waals surface area contributed by atoms with Gasteiger partial charge in [-0.05, 0) is 37.1 Å². The molecule has 0 amide bonds. The summed E-state index contributed by atoms with van der Waals surface area (Å²) in [6, 6.07) is 5.29. The van der Waals surface area contributed by atoms with Crippen LogP contribution in [0, 0.1) is 18.6 Å². The number of aromatic nitrogens is 2. The van der Waals surface area contributed by atoms with Gasteiger partial charge in [0.05, 0.1) is 11.3 Å². The molecule has 1 N–H and O–H groups in total. The fourth-order valence-corrected chi connectivity index (χ4v) is 2.66. The van der Waals surface area contributed by atoms with Crippen molar-refractivity contribution < 1.29 is 23.4 Å². The zero-order chi connectivity index (χ0) is 18.1. The van der Waals surface area contributed by atoms with Crippen LogP contribution in [0.3, 0.4) is 0 Å². The second kappa shape index (κ2) is 6.51. The highest BCUT2D eigenvalue weighted by Gasteiger charge is 2.19. The highest BCUT2D eigenvalue weighted by Crippen LogP contribution is 2.26. The van der Waals surface area contributed by atoms with Crippen molar-refractivity contribution in [2.45, 2.75) is 26.9 Å². The van der Waals surface area contributed by atoms with E-state index in [2.05, 4.69) is 4.98 Å². The van der Waals surface area contributed by atoms with E-state index in [-0.39, 0.29) is 23.6 Å². The van der Waals surface area contributed by atoms with E-state index in [4.69, 9.17) is 4.74 Å². The molecule has 0 bridgehead atoms. The van der Waals surface area contributed by atoms with Crippen molar-refractivity contribution in [1.29, 1.82) is 0 Å². The zero-order valence-electron chi connectivity index (χ0n) is 13.7. The van der Waals surface area contributed by atoms with Gasteiger partial charge in [0.15, 0.2) is 17.1 Å². The molecule has 0 radical (unpaired) electrons. The molecule has 0 unspecified atom stereocenters. The van der Waals surface area contributed by atoms with Crippen molar-refractivity contribution in [3.8, 4) is 5.75 Å². The smallest absolute Gasteiger partial charge is 0.354 e. The average molecular weight is 346 g/mol. The number of aromatic carboxylic acids is 1. The van der Waals surface area contributed by atoms with E-state index >= 15 is 0 Å². The number of rotatable bonds is 5. The van der Waals surface area contributed by atoms with Gasteiger partial charge in [0.1, 0.15) is 18.2 Å². The number of benzene rings is 1. The minimum Gasteiger partial charge on any atom is -0.485 e. The summed E-state index contributed by atoms with van der Waals surface area (Å²) in [4.78, 5) is 15.7. The Morgan fingerprint density at radius 2 is 2.00 bits per heavy atom. The average Bonchev–Trinajstić information content (AvgIpc) is 2.90. The van der Waals surface area contributed by atoms with E-state index < -0.39 is 17.6 Å². The normalized spacial score (nSPS) is 11.0. The molecule has 0 atom stereocenters. The third-order valence-electron chi connectivity index (χ3n) is 3.96. The molecule has 0 aliphatic rings. The van der Waals surface area contributed by atoms with E-state index in [0.29, 0.717) is 17.8 Å². The molecule has 7 heteroatoms. The Balaban J connectivity index is 2.06. The predicted molar refractivity (Wildman–Crippen MR) is 87.0 cm³/mol.